The first kappa shape index (κ1) is 20.8. The lowest BCUT2D eigenvalue weighted by Gasteiger charge is -2.35. The van der Waals surface area contributed by atoms with Crippen LogP contribution in [0, 0.1) is 10.1 Å². The molecule has 2 saturated heterocycles. The molecule has 2 aromatic rings. The maximum Gasteiger partial charge on any atom is 0.293 e. The Balaban J connectivity index is 1.50. The largest absolute Gasteiger partial charge is 0.363 e. The van der Waals surface area contributed by atoms with E-state index in [1.165, 1.54) is 22.0 Å². The van der Waals surface area contributed by atoms with Gasteiger partial charge in [-0.2, -0.15) is 4.31 Å². The summed E-state index contributed by atoms with van der Waals surface area (Å²) >= 11 is 0. The Bertz CT molecular complexity index is 999. The molecule has 0 unspecified atom stereocenters. The number of nitro benzene ring substituents is 1. The summed E-state index contributed by atoms with van der Waals surface area (Å²) in [6, 6.07) is 14.5. The molecule has 0 aliphatic carbocycles. The van der Waals surface area contributed by atoms with Gasteiger partial charge in [0, 0.05) is 51.9 Å². The Kier molecular flexibility index (Phi) is 6.03. The lowest BCUT2D eigenvalue weighted by atomic mass is 10.2. The summed E-state index contributed by atoms with van der Waals surface area (Å²) in [5, 5.41) is 11.7. The van der Waals surface area contributed by atoms with Crippen molar-refractivity contribution in [3.05, 3.63) is 64.2 Å². The molecule has 30 heavy (non-hydrogen) atoms. The lowest BCUT2D eigenvalue weighted by Crippen LogP contribution is -2.46. The van der Waals surface area contributed by atoms with Crippen LogP contribution in [0.4, 0.5) is 11.4 Å². The predicted molar refractivity (Wildman–Crippen MR) is 115 cm³/mol. The molecule has 2 aromatic carbocycles. The minimum absolute atomic E-state index is 0.00237. The van der Waals surface area contributed by atoms with Gasteiger partial charge < -0.3 is 4.90 Å². The molecule has 2 aliphatic heterocycles. The van der Waals surface area contributed by atoms with Crippen molar-refractivity contribution in [3.8, 4) is 0 Å². The predicted octanol–water partition coefficient (Wildman–Crippen LogP) is 2.70. The van der Waals surface area contributed by atoms with Crippen LogP contribution < -0.4 is 4.90 Å². The molecule has 0 atom stereocenters. The van der Waals surface area contributed by atoms with Crippen molar-refractivity contribution in [1.29, 1.82) is 0 Å². The molecule has 0 aromatic heterocycles. The average Bonchev–Trinajstić information content (AvgIpc) is 3.30. The number of hydrogen-bond acceptors (Lipinski definition) is 6. The van der Waals surface area contributed by atoms with Gasteiger partial charge in [0.15, 0.2) is 0 Å². The maximum absolute atomic E-state index is 12.8. The average molecular weight is 431 g/mol. The molecule has 0 saturated carbocycles. The summed E-state index contributed by atoms with van der Waals surface area (Å²) in [7, 11) is -3.68. The van der Waals surface area contributed by atoms with E-state index < -0.39 is 14.9 Å². The van der Waals surface area contributed by atoms with E-state index in [0.29, 0.717) is 31.9 Å². The van der Waals surface area contributed by atoms with Crippen molar-refractivity contribution in [1.82, 2.24) is 9.21 Å². The second kappa shape index (κ2) is 8.71. The highest BCUT2D eigenvalue weighted by molar-refractivity contribution is 7.89. The summed E-state index contributed by atoms with van der Waals surface area (Å²) < 4.78 is 27.0. The Hall–Kier alpha value is -2.49. The molecule has 8 nitrogen and oxygen atoms in total. The quantitative estimate of drug-likeness (QED) is 0.517. The second-order valence-corrected chi connectivity index (χ2v) is 9.71. The minimum atomic E-state index is -3.68. The van der Waals surface area contributed by atoms with Crippen LogP contribution >= 0.6 is 0 Å². The molecule has 0 N–H and O–H groups in total. The van der Waals surface area contributed by atoms with Gasteiger partial charge in [-0.1, -0.05) is 30.3 Å². The summed E-state index contributed by atoms with van der Waals surface area (Å²) in [6.45, 7) is 4.70. The molecular formula is C21H26N4O4S. The number of nitro groups is 1. The normalized spacial score (nSPS) is 18.6. The summed E-state index contributed by atoms with van der Waals surface area (Å²) in [5.74, 6) is 0. The fourth-order valence-corrected chi connectivity index (χ4v) is 5.68. The van der Waals surface area contributed by atoms with Gasteiger partial charge in [-0.25, -0.2) is 8.42 Å². The summed E-state index contributed by atoms with van der Waals surface area (Å²) in [6.07, 6.45) is 1.65. The van der Waals surface area contributed by atoms with Gasteiger partial charge in [-0.3, -0.25) is 15.0 Å². The SMILES string of the molecule is O=[N+]([O-])c1cc(S(=O)(=O)N2CCCC2)ccc1N1CCN(Cc2ccccc2)CC1. The molecule has 9 heteroatoms. The van der Waals surface area contributed by atoms with E-state index in [-0.39, 0.29) is 10.6 Å². The molecule has 0 radical (unpaired) electrons. The molecule has 2 fully saturated rings. The van der Waals surface area contributed by atoms with Gasteiger partial charge >= 0.3 is 0 Å². The van der Waals surface area contributed by atoms with Gasteiger partial charge in [0.05, 0.1) is 9.82 Å². The summed E-state index contributed by atoms with van der Waals surface area (Å²) in [4.78, 5) is 15.6. The highest BCUT2D eigenvalue weighted by atomic mass is 32.2. The van der Waals surface area contributed by atoms with Crippen molar-refractivity contribution >= 4 is 21.4 Å². The number of anilines is 1. The summed E-state index contributed by atoms with van der Waals surface area (Å²) in [5.41, 5.74) is 1.58. The van der Waals surface area contributed by atoms with Crippen molar-refractivity contribution < 1.29 is 13.3 Å². The zero-order valence-corrected chi connectivity index (χ0v) is 17.6. The fourth-order valence-electron chi connectivity index (χ4n) is 4.14. The van der Waals surface area contributed by atoms with E-state index in [0.717, 1.165) is 32.5 Å². The molecule has 4 rings (SSSR count). The number of hydrogen-bond donors (Lipinski definition) is 0. The molecule has 0 amide bonds. The van der Waals surface area contributed by atoms with Crippen LogP contribution in [0.25, 0.3) is 0 Å². The zero-order chi connectivity index (χ0) is 21.1. The van der Waals surface area contributed by atoms with E-state index in [9.17, 15) is 18.5 Å². The molecule has 0 spiro atoms. The molecule has 0 bridgehead atoms. The Morgan fingerprint density at radius 3 is 2.20 bits per heavy atom. The smallest absolute Gasteiger partial charge is 0.293 e. The molecule has 2 heterocycles. The number of piperazine rings is 1. The zero-order valence-electron chi connectivity index (χ0n) is 16.8. The van der Waals surface area contributed by atoms with Crippen LogP contribution in [-0.2, 0) is 16.6 Å². The Labute approximate surface area is 176 Å². The maximum atomic E-state index is 12.8. The van der Waals surface area contributed by atoms with Crippen LogP contribution in [-0.4, -0.2) is 61.8 Å². The van der Waals surface area contributed by atoms with Crippen molar-refractivity contribution in [3.63, 3.8) is 0 Å². The standard InChI is InChI=1S/C21H26N4O4S/c26-25(27)21-16-19(30(28,29)24-10-4-5-11-24)8-9-20(21)23-14-12-22(13-15-23)17-18-6-2-1-3-7-18/h1-3,6-9,16H,4-5,10-15,17H2. The van der Waals surface area contributed by atoms with Gasteiger partial charge in [0.1, 0.15) is 5.69 Å². The number of sulfonamides is 1. The van der Waals surface area contributed by atoms with Gasteiger partial charge in [-0.05, 0) is 30.5 Å². The van der Waals surface area contributed by atoms with Gasteiger partial charge in [0.25, 0.3) is 5.69 Å². The van der Waals surface area contributed by atoms with Gasteiger partial charge in [-0.15, -0.1) is 0 Å². The van der Waals surface area contributed by atoms with E-state index in [4.69, 9.17) is 0 Å². The topological polar surface area (TPSA) is 87.0 Å². The van der Waals surface area contributed by atoms with E-state index >= 15 is 0 Å². The Morgan fingerprint density at radius 2 is 1.57 bits per heavy atom. The molecular weight excluding hydrogens is 404 g/mol. The van der Waals surface area contributed by atoms with Crippen molar-refractivity contribution in [2.24, 2.45) is 0 Å². The third-order valence-electron chi connectivity index (χ3n) is 5.81. The lowest BCUT2D eigenvalue weighted by molar-refractivity contribution is -0.384. The first-order valence-corrected chi connectivity index (χ1v) is 11.7. The first-order valence-electron chi connectivity index (χ1n) is 10.2. The highest BCUT2D eigenvalue weighted by Crippen LogP contribution is 2.33. The van der Waals surface area contributed by atoms with Crippen molar-refractivity contribution in [2.45, 2.75) is 24.3 Å². The van der Waals surface area contributed by atoms with Crippen LogP contribution in [0.3, 0.4) is 0 Å². The van der Waals surface area contributed by atoms with Crippen molar-refractivity contribution in [2.75, 3.05) is 44.2 Å². The fraction of sp³-hybridized carbons (Fsp3) is 0.429. The number of rotatable bonds is 6. The Morgan fingerprint density at radius 1 is 0.900 bits per heavy atom. The van der Waals surface area contributed by atoms with Crippen LogP contribution in [0.5, 0.6) is 0 Å². The number of nitrogens with zero attached hydrogens (tertiary/aromatic N) is 4. The van der Waals surface area contributed by atoms with E-state index in [2.05, 4.69) is 17.0 Å². The molecule has 160 valence electrons. The molecule has 2 aliphatic rings. The van der Waals surface area contributed by atoms with E-state index in [1.807, 2.05) is 23.1 Å². The van der Waals surface area contributed by atoms with Crippen LogP contribution in [0.2, 0.25) is 0 Å². The monoisotopic (exact) mass is 430 g/mol. The second-order valence-electron chi connectivity index (χ2n) is 7.77. The first-order chi connectivity index (χ1) is 14.4. The number of benzene rings is 2. The van der Waals surface area contributed by atoms with Crippen LogP contribution in [0.15, 0.2) is 53.4 Å². The van der Waals surface area contributed by atoms with Crippen LogP contribution in [0.1, 0.15) is 18.4 Å². The van der Waals surface area contributed by atoms with E-state index in [1.54, 1.807) is 6.07 Å². The highest BCUT2D eigenvalue weighted by Gasteiger charge is 2.31. The van der Waals surface area contributed by atoms with Gasteiger partial charge in [0.2, 0.25) is 10.0 Å². The minimum Gasteiger partial charge on any atom is -0.363 e. The third kappa shape index (κ3) is 4.33. The third-order valence-corrected chi connectivity index (χ3v) is 7.70.